The average molecular weight is 284 g/mol. The van der Waals surface area contributed by atoms with Crippen LogP contribution >= 0.6 is 23.4 Å². The first-order valence-electron chi connectivity index (χ1n) is 6.20. The molecule has 0 N–H and O–H groups in total. The molecule has 1 aromatic carbocycles. The lowest BCUT2D eigenvalue weighted by molar-refractivity contribution is -0.384. The van der Waals surface area contributed by atoms with Gasteiger partial charge in [0.2, 0.25) is 0 Å². The van der Waals surface area contributed by atoms with E-state index in [1.54, 1.807) is 23.9 Å². The van der Waals surface area contributed by atoms with Gasteiger partial charge >= 0.3 is 0 Å². The number of fused-ring (bicyclic) bond motifs is 2. The molecule has 1 aromatic rings. The molecule has 0 radical (unpaired) electrons. The van der Waals surface area contributed by atoms with Gasteiger partial charge in [-0.1, -0.05) is 0 Å². The second kappa shape index (κ2) is 4.74. The summed E-state index contributed by atoms with van der Waals surface area (Å²) in [7, 11) is 0. The summed E-state index contributed by atoms with van der Waals surface area (Å²) in [6.45, 7) is 0. The highest BCUT2D eigenvalue weighted by Crippen LogP contribution is 2.53. The Morgan fingerprint density at radius 2 is 1.89 bits per heavy atom. The zero-order valence-electron chi connectivity index (χ0n) is 9.79. The number of thioether (sulfide) groups is 1. The molecule has 2 bridgehead atoms. The first-order valence-corrected chi connectivity index (χ1v) is 7.52. The van der Waals surface area contributed by atoms with Gasteiger partial charge in [0.25, 0.3) is 5.69 Å². The molecule has 2 aliphatic carbocycles. The predicted molar refractivity (Wildman–Crippen MR) is 73.2 cm³/mol. The van der Waals surface area contributed by atoms with Gasteiger partial charge in [0.1, 0.15) is 0 Å². The SMILES string of the molecule is O=[N+]([O-])c1ccc(S[C@H]2[C@H]3CC[C@H](C3)[C@@H]2Cl)cc1. The normalized spacial score (nSPS) is 33.8. The fourth-order valence-electron chi connectivity index (χ4n) is 3.13. The van der Waals surface area contributed by atoms with Crippen LogP contribution in [0.15, 0.2) is 29.2 Å². The van der Waals surface area contributed by atoms with E-state index in [1.165, 1.54) is 19.3 Å². The van der Waals surface area contributed by atoms with Crippen LogP contribution in [0, 0.1) is 22.0 Å². The van der Waals surface area contributed by atoms with Crippen LogP contribution in [-0.2, 0) is 0 Å². The van der Waals surface area contributed by atoms with Crippen molar-refractivity contribution >= 4 is 29.1 Å². The summed E-state index contributed by atoms with van der Waals surface area (Å²) in [5, 5.41) is 11.3. The standard InChI is InChI=1S/C13H14ClNO2S/c14-12-8-1-2-9(7-8)13(12)18-11-5-3-10(4-6-11)15(16)17/h3-6,8-9,12-13H,1-2,7H2/t8-,9+,12+,13+/m1/s1. The number of halogens is 1. The maximum Gasteiger partial charge on any atom is 0.269 e. The van der Waals surface area contributed by atoms with E-state index in [0.717, 1.165) is 10.8 Å². The van der Waals surface area contributed by atoms with Crippen molar-refractivity contribution in [2.24, 2.45) is 11.8 Å². The number of non-ortho nitro benzene ring substituents is 1. The average Bonchev–Trinajstić information content (AvgIpc) is 2.94. The summed E-state index contributed by atoms with van der Waals surface area (Å²) in [5.74, 6) is 1.42. The van der Waals surface area contributed by atoms with Crippen LogP contribution in [0.2, 0.25) is 0 Å². The Morgan fingerprint density at radius 1 is 1.22 bits per heavy atom. The highest BCUT2D eigenvalue weighted by molar-refractivity contribution is 8.00. The van der Waals surface area contributed by atoms with Crippen molar-refractivity contribution in [3.8, 4) is 0 Å². The second-order valence-electron chi connectivity index (χ2n) is 5.11. The van der Waals surface area contributed by atoms with Crippen molar-refractivity contribution < 1.29 is 4.92 Å². The van der Waals surface area contributed by atoms with Crippen molar-refractivity contribution in [1.82, 2.24) is 0 Å². The Labute approximate surface area is 115 Å². The fraction of sp³-hybridized carbons (Fsp3) is 0.538. The molecule has 2 saturated carbocycles. The van der Waals surface area contributed by atoms with Crippen LogP contribution in [0.5, 0.6) is 0 Å². The van der Waals surface area contributed by atoms with Gasteiger partial charge < -0.3 is 0 Å². The molecule has 3 rings (SSSR count). The summed E-state index contributed by atoms with van der Waals surface area (Å²) in [6, 6.07) is 6.80. The minimum Gasteiger partial charge on any atom is -0.258 e. The molecule has 2 aliphatic rings. The van der Waals surface area contributed by atoms with Crippen LogP contribution in [-0.4, -0.2) is 15.6 Å². The maximum atomic E-state index is 10.6. The summed E-state index contributed by atoms with van der Waals surface area (Å²) in [6.07, 6.45) is 3.83. The van der Waals surface area contributed by atoms with Gasteiger partial charge in [0.05, 0.1) is 4.92 Å². The van der Waals surface area contributed by atoms with Gasteiger partial charge in [-0.15, -0.1) is 23.4 Å². The third-order valence-corrected chi connectivity index (χ3v) is 6.33. The Kier molecular flexibility index (Phi) is 3.24. The predicted octanol–water partition coefficient (Wildman–Crippen LogP) is 4.09. The molecule has 5 heteroatoms. The Hall–Kier alpha value is -0.740. The minimum absolute atomic E-state index is 0.148. The molecule has 3 nitrogen and oxygen atoms in total. The van der Waals surface area contributed by atoms with E-state index in [2.05, 4.69) is 0 Å². The zero-order valence-corrected chi connectivity index (χ0v) is 11.4. The van der Waals surface area contributed by atoms with Gasteiger partial charge in [-0.05, 0) is 43.2 Å². The molecule has 0 spiro atoms. The van der Waals surface area contributed by atoms with E-state index >= 15 is 0 Å². The summed E-state index contributed by atoms with van der Waals surface area (Å²) in [4.78, 5) is 11.3. The number of hydrogen-bond donors (Lipinski definition) is 0. The van der Waals surface area contributed by atoms with Crippen LogP contribution in [0.25, 0.3) is 0 Å². The molecular formula is C13H14ClNO2S. The number of benzene rings is 1. The summed E-state index contributed by atoms with van der Waals surface area (Å²) >= 11 is 8.27. The number of nitro benzene ring substituents is 1. The zero-order chi connectivity index (χ0) is 12.7. The summed E-state index contributed by atoms with van der Waals surface area (Å²) < 4.78 is 0. The quantitative estimate of drug-likeness (QED) is 0.477. The lowest BCUT2D eigenvalue weighted by Gasteiger charge is -2.25. The monoisotopic (exact) mass is 283 g/mol. The van der Waals surface area contributed by atoms with Gasteiger partial charge in [-0.25, -0.2) is 0 Å². The minimum atomic E-state index is -0.365. The van der Waals surface area contributed by atoms with Crippen molar-refractivity contribution in [3.63, 3.8) is 0 Å². The first kappa shape index (κ1) is 12.3. The van der Waals surface area contributed by atoms with Crippen molar-refractivity contribution in [2.75, 3.05) is 0 Å². The van der Waals surface area contributed by atoms with Gasteiger partial charge in [-0.3, -0.25) is 10.1 Å². The largest absolute Gasteiger partial charge is 0.269 e. The lowest BCUT2D eigenvalue weighted by Crippen LogP contribution is -2.24. The number of hydrogen-bond acceptors (Lipinski definition) is 3. The van der Waals surface area contributed by atoms with E-state index in [0.29, 0.717) is 11.2 Å². The molecule has 4 atom stereocenters. The number of nitrogens with zero attached hydrogens (tertiary/aromatic N) is 1. The number of nitro groups is 1. The molecule has 0 saturated heterocycles. The molecule has 96 valence electrons. The van der Waals surface area contributed by atoms with Crippen LogP contribution in [0.4, 0.5) is 5.69 Å². The molecule has 0 unspecified atom stereocenters. The van der Waals surface area contributed by atoms with Gasteiger partial charge in [0, 0.05) is 27.7 Å². The second-order valence-corrected chi connectivity index (χ2v) is 6.87. The smallest absolute Gasteiger partial charge is 0.258 e. The Morgan fingerprint density at radius 3 is 2.44 bits per heavy atom. The van der Waals surface area contributed by atoms with E-state index in [-0.39, 0.29) is 16.0 Å². The number of rotatable bonds is 3. The topological polar surface area (TPSA) is 43.1 Å². The lowest BCUT2D eigenvalue weighted by atomic mass is 10.00. The molecule has 2 fully saturated rings. The van der Waals surface area contributed by atoms with Crippen molar-refractivity contribution in [3.05, 3.63) is 34.4 Å². The molecule has 0 aliphatic heterocycles. The van der Waals surface area contributed by atoms with E-state index < -0.39 is 0 Å². The van der Waals surface area contributed by atoms with Crippen LogP contribution < -0.4 is 0 Å². The van der Waals surface area contributed by atoms with Crippen LogP contribution in [0.1, 0.15) is 19.3 Å². The number of alkyl halides is 1. The third-order valence-electron chi connectivity index (χ3n) is 4.06. The van der Waals surface area contributed by atoms with Crippen molar-refractivity contribution in [2.45, 2.75) is 34.8 Å². The Bertz CT molecular complexity index is 463. The molecule has 0 heterocycles. The van der Waals surface area contributed by atoms with E-state index in [1.807, 2.05) is 12.1 Å². The fourth-order valence-corrected chi connectivity index (χ4v) is 5.12. The molecule has 18 heavy (non-hydrogen) atoms. The molecule has 0 aromatic heterocycles. The highest BCUT2D eigenvalue weighted by Gasteiger charge is 2.47. The van der Waals surface area contributed by atoms with Crippen LogP contribution in [0.3, 0.4) is 0 Å². The van der Waals surface area contributed by atoms with Gasteiger partial charge in [0.15, 0.2) is 0 Å². The highest BCUT2D eigenvalue weighted by atomic mass is 35.5. The van der Waals surface area contributed by atoms with Crippen molar-refractivity contribution in [1.29, 1.82) is 0 Å². The third kappa shape index (κ3) is 2.12. The summed E-state index contributed by atoms with van der Waals surface area (Å²) in [5.41, 5.74) is 0.148. The first-order chi connectivity index (χ1) is 8.65. The molecular weight excluding hydrogens is 270 g/mol. The maximum absolute atomic E-state index is 10.6. The van der Waals surface area contributed by atoms with Gasteiger partial charge in [-0.2, -0.15) is 0 Å². The Balaban J connectivity index is 1.71. The van der Waals surface area contributed by atoms with E-state index in [4.69, 9.17) is 11.6 Å². The molecule has 0 amide bonds. The van der Waals surface area contributed by atoms with E-state index in [9.17, 15) is 10.1 Å².